The number of carbonyl (C=O) groups is 6. The van der Waals surface area contributed by atoms with Crippen LogP contribution < -0.4 is 47.4 Å². The highest BCUT2D eigenvalue weighted by Gasteiger charge is 2.17. The van der Waals surface area contributed by atoms with E-state index in [4.69, 9.17) is 155 Å². The molecule has 0 heterocycles. The summed E-state index contributed by atoms with van der Waals surface area (Å²) < 4.78 is 62.4. The number of halogens is 10. The number of esters is 2. The number of benzene rings is 7. The van der Waals surface area contributed by atoms with Gasteiger partial charge in [0.2, 0.25) is 9.23 Å². The fourth-order valence-electron chi connectivity index (χ4n) is 5.70. The molecule has 7 aromatic rings. The van der Waals surface area contributed by atoms with Crippen molar-refractivity contribution in [1.82, 2.24) is 0 Å². The molecule has 0 aliphatic carbocycles. The van der Waals surface area contributed by atoms with Gasteiger partial charge >= 0.3 is 23.9 Å². The van der Waals surface area contributed by atoms with Crippen molar-refractivity contribution in [2.24, 2.45) is 0 Å². The molecule has 0 saturated heterocycles. The van der Waals surface area contributed by atoms with Crippen molar-refractivity contribution in [2.75, 3.05) is 39.6 Å². The Hall–Kier alpha value is -6.79. The summed E-state index contributed by atoms with van der Waals surface area (Å²) in [5, 5.41) is 17.6. The first-order valence-corrected chi connectivity index (χ1v) is 28.6. The molecule has 0 aliphatic heterocycles. The molecule has 84 heavy (non-hydrogen) atoms. The van der Waals surface area contributed by atoms with Gasteiger partial charge in [-0.2, -0.15) is 0 Å². The van der Waals surface area contributed by atoms with Crippen LogP contribution in [0.1, 0.15) is 0 Å². The fourth-order valence-corrected chi connectivity index (χ4v) is 7.03. The molecule has 2 N–H and O–H groups in total. The Morgan fingerprint density at radius 1 is 0.345 bits per heavy atom. The largest absolute Gasteiger partial charge is 0.484 e. The molecule has 0 aliphatic rings. The first kappa shape index (κ1) is 69.7. The van der Waals surface area contributed by atoms with Crippen molar-refractivity contribution in [3.63, 3.8) is 0 Å². The molecular formula is C54H38Cl10O19S. The monoisotopic (exact) mass is 1370 g/mol. The Bertz CT molecular complexity index is 3080. The van der Waals surface area contributed by atoms with Gasteiger partial charge in [-0.25, -0.2) is 23.4 Å². The van der Waals surface area contributed by atoms with Gasteiger partial charge in [0.05, 0.1) is 10.0 Å². The zero-order valence-corrected chi connectivity index (χ0v) is 50.5. The second kappa shape index (κ2) is 36.8. The van der Waals surface area contributed by atoms with Gasteiger partial charge in [-0.05, 0) is 157 Å². The van der Waals surface area contributed by atoms with Gasteiger partial charge in [-0.3, -0.25) is 9.59 Å². The summed E-state index contributed by atoms with van der Waals surface area (Å²) in [6.07, 6.45) is 0. The molecule has 30 heteroatoms. The van der Waals surface area contributed by atoms with E-state index < -0.39 is 70.0 Å². The van der Waals surface area contributed by atoms with Crippen LogP contribution in [0, 0.1) is 0 Å². The second-order valence-electron chi connectivity index (χ2n) is 15.3. The fraction of sp³-hybridized carbons (Fsp3) is 0.111. The van der Waals surface area contributed by atoms with Crippen LogP contribution in [0.25, 0.3) is 0 Å². The molecule has 0 bridgehead atoms. The van der Waals surface area contributed by atoms with Crippen LogP contribution in [0.2, 0.25) is 30.1 Å². The molecule has 0 radical (unpaired) electrons. The predicted octanol–water partition coefficient (Wildman–Crippen LogP) is 14.8. The van der Waals surface area contributed by atoms with Crippen LogP contribution in [0.5, 0.6) is 69.0 Å². The maximum Gasteiger partial charge on any atom is 0.349 e. The number of carboxylic acids is 2. The van der Waals surface area contributed by atoms with Crippen molar-refractivity contribution >= 4 is 158 Å². The highest BCUT2D eigenvalue weighted by atomic mass is 36.0. The maximum absolute atomic E-state index is 12.6. The van der Waals surface area contributed by atoms with Gasteiger partial charge in [0.1, 0.15) is 46.0 Å². The average Bonchev–Trinajstić information content (AvgIpc) is 3.63. The minimum Gasteiger partial charge on any atom is -0.484 e. The van der Waals surface area contributed by atoms with Crippen LogP contribution in [-0.2, 0) is 38.0 Å². The second-order valence-corrected chi connectivity index (χ2v) is 21.2. The molecule has 7 aromatic carbocycles. The van der Waals surface area contributed by atoms with Gasteiger partial charge in [-0.1, -0.05) is 69.6 Å². The third-order valence-corrected chi connectivity index (χ3v) is 10.8. The Morgan fingerprint density at radius 2 is 0.583 bits per heavy atom. The van der Waals surface area contributed by atoms with Gasteiger partial charge in [0.25, 0.3) is 10.5 Å². The SMILES string of the molecule is O=C(COc1ccc(OCC(=O)Oc2cc(Cl)ccc2Oc2ccc(Cl)cc2Cl)cc1)Oc1cc(Cl)ccc1Oc1ccc(Cl)cc1Cl.O=C(Cl)COc1ccc(OCC(=O)Cl)cc1.O=C(O)COc1ccc(OCC(=O)O)cc1.O=S(Cl)Cl. The van der Waals surface area contributed by atoms with Gasteiger partial charge in [0, 0.05) is 53.6 Å². The Labute approximate surface area is 528 Å². The Kier molecular flexibility index (Phi) is 30.5. The van der Waals surface area contributed by atoms with E-state index in [9.17, 15) is 28.8 Å². The number of hydrogen-bond acceptors (Lipinski definition) is 17. The van der Waals surface area contributed by atoms with Crippen molar-refractivity contribution in [2.45, 2.75) is 0 Å². The summed E-state index contributed by atoms with van der Waals surface area (Å²) in [5.74, 6) is -0.0756. The van der Waals surface area contributed by atoms with E-state index in [-0.39, 0.29) is 46.3 Å². The highest BCUT2D eigenvalue weighted by molar-refractivity contribution is 8.26. The first-order chi connectivity index (χ1) is 39.9. The predicted molar refractivity (Wildman–Crippen MR) is 316 cm³/mol. The van der Waals surface area contributed by atoms with E-state index in [1.54, 1.807) is 84.9 Å². The van der Waals surface area contributed by atoms with Gasteiger partial charge < -0.3 is 57.6 Å². The van der Waals surface area contributed by atoms with E-state index in [0.29, 0.717) is 66.1 Å². The first-order valence-electron chi connectivity index (χ1n) is 22.8. The smallest absolute Gasteiger partial charge is 0.349 e. The summed E-state index contributed by atoms with van der Waals surface area (Å²) >= 11 is 46.7. The molecular weight excluding hydrogens is 1340 g/mol. The number of aliphatic carboxylic acids is 2. The molecule has 0 atom stereocenters. The van der Waals surface area contributed by atoms with E-state index in [1.807, 2.05) is 0 Å². The topological polar surface area (TPSA) is 252 Å². The minimum absolute atomic E-state index is 0.0583. The van der Waals surface area contributed by atoms with Crippen LogP contribution >= 0.6 is 114 Å². The summed E-state index contributed by atoms with van der Waals surface area (Å²) in [6, 6.07) is 37.0. The summed E-state index contributed by atoms with van der Waals surface area (Å²) in [5.41, 5.74) is 0. The summed E-state index contributed by atoms with van der Waals surface area (Å²) in [4.78, 5) is 66.4. The number of ether oxygens (including phenoxy) is 10. The number of hydrogen-bond donors (Lipinski definition) is 2. The lowest BCUT2D eigenvalue weighted by molar-refractivity contribution is -0.140. The normalized spacial score (nSPS) is 10.1. The molecule has 0 fully saturated rings. The maximum atomic E-state index is 12.6. The zero-order valence-electron chi connectivity index (χ0n) is 42.1. The minimum atomic E-state index is -1.67. The third-order valence-electron chi connectivity index (χ3n) is 9.10. The van der Waals surface area contributed by atoms with Crippen molar-refractivity contribution in [1.29, 1.82) is 0 Å². The van der Waals surface area contributed by atoms with Crippen LogP contribution in [0.3, 0.4) is 0 Å². The standard InChI is InChI=1S/C34H20Cl6O8.C10H8Cl2O4.C10H10O6.Cl2OS/c35-19-1-9-27(25(39)13-19)45-29-11-3-21(37)15-31(29)47-33(41)17-43-23-5-7-24(8-6-23)44-18-34(42)48-32-16-22(38)4-12-30(32)46-28-10-2-20(36)14-26(28)40;11-9(13)5-15-7-1-2-8(4-3-7)16-6-10(12)14;11-9(12)5-15-7-1-2-8(4-3-7)16-6-10(13)14;1-4(2)3/h1-16H,17-18H2;1-4H,5-6H2;1-4H,5-6H2,(H,11,12)(H,13,14);. The van der Waals surface area contributed by atoms with Crippen LogP contribution in [0.15, 0.2) is 146 Å². The lowest BCUT2D eigenvalue weighted by Gasteiger charge is -2.14. The van der Waals surface area contributed by atoms with Crippen LogP contribution in [0.4, 0.5) is 0 Å². The molecule has 0 amide bonds. The molecule has 0 unspecified atom stereocenters. The van der Waals surface area contributed by atoms with E-state index >= 15 is 0 Å². The lowest BCUT2D eigenvalue weighted by atomic mass is 10.3. The summed E-state index contributed by atoms with van der Waals surface area (Å²) in [7, 11) is 7.36. The van der Waals surface area contributed by atoms with Gasteiger partial charge in [-0.15, -0.1) is 0 Å². The van der Waals surface area contributed by atoms with Crippen molar-refractivity contribution < 1.29 is 90.6 Å². The average molecular weight is 1380 g/mol. The molecule has 19 nitrogen and oxygen atoms in total. The molecule has 444 valence electrons. The number of rotatable bonds is 24. The van der Waals surface area contributed by atoms with E-state index in [2.05, 4.69) is 21.4 Å². The zero-order chi connectivity index (χ0) is 61.7. The quantitative estimate of drug-likeness (QED) is 0.0324. The number of carbonyl (C=O) groups excluding carboxylic acids is 4. The molecule has 0 aromatic heterocycles. The third kappa shape index (κ3) is 28.2. The highest BCUT2D eigenvalue weighted by Crippen LogP contribution is 2.39. The molecule has 0 saturated carbocycles. The lowest BCUT2D eigenvalue weighted by Crippen LogP contribution is -2.18. The van der Waals surface area contributed by atoms with Crippen molar-refractivity contribution in [3.05, 3.63) is 176 Å². The van der Waals surface area contributed by atoms with E-state index in [0.717, 1.165) is 0 Å². The van der Waals surface area contributed by atoms with Crippen molar-refractivity contribution in [3.8, 4) is 69.0 Å². The van der Waals surface area contributed by atoms with Crippen LogP contribution in [-0.4, -0.2) is 88.4 Å². The Balaban J connectivity index is 0.000000340. The summed E-state index contributed by atoms with van der Waals surface area (Å²) in [6.45, 7) is -2.11. The van der Waals surface area contributed by atoms with Gasteiger partial charge in [0.15, 0.2) is 62.6 Å². The molecule has 7 rings (SSSR count). The Morgan fingerprint density at radius 3 is 0.833 bits per heavy atom. The molecule has 0 spiro atoms. The number of carboxylic acid groups (broad SMARTS) is 2. The van der Waals surface area contributed by atoms with E-state index in [1.165, 1.54) is 60.7 Å².